The fourth-order valence-corrected chi connectivity index (χ4v) is 3.44. The number of rotatable bonds is 4. The van der Waals surface area contributed by atoms with Crippen LogP contribution in [0.25, 0.3) is 0 Å². The predicted octanol–water partition coefficient (Wildman–Crippen LogP) is 4.69. The van der Waals surface area contributed by atoms with Crippen LogP contribution in [0.5, 0.6) is 0 Å². The number of hydrogen-bond acceptors (Lipinski definition) is 1. The van der Waals surface area contributed by atoms with Crippen LogP contribution < -0.4 is 5.32 Å². The molecule has 0 heterocycles. The lowest BCUT2D eigenvalue weighted by atomic mass is 9.90. The van der Waals surface area contributed by atoms with E-state index in [1.54, 1.807) is 0 Å². The Morgan fingerprint density at radius 3 is 2.58 bits per heavy atom. The quantitative estimate of drug-likeness (QED) is 0.742. The molecule has 0 aromatic heterocycles. The molecule has 1 rings (SSSR count). The van der Waals surface area contributed by atoms with Gasteiger partial charge in [-0.25, -0.2) is 0 Å². The summed E-state index contributed by atoms with van der Waals surface area (Å²) in [6, 6.07) is 5.71. The first kappa shape index (κ1) is 16.7. The largest absolute Gasteiger partial charge is 0.351 e. The third-order valence-electron chi connectivity index (χ3n) is 2.75. The lowest BCUT2D eigenvalue weighted by Gasteiger charge is -2.22. The van der Waals surface area contributed by atoms with E-state index in [1.807, 2.05) is 25.1 Å². The van der Waals surface area contributed by atoms with Crippen LogP contribution in [0.15, 0.2) is 22.7 Å². The fraction of sp³-hybridized carbons (Fsp3) is 0.533. The smallest absolute Gasteiger partial charge is 0.252 e. The molecule has 0 aliphatic carbocycles. The maximum Gasteiger partial charge on any atom is 0.252 e. The van der Waals surface area contributed by atoms with Gasteiger partial charge in [0, 0.05) is 15.8 Å². The van der Waals surface area contributed by atoms with Crippen molar-refractivity contribution < 1.29 is 4.79 Å². The van der Waals surface area contributed by atoms with E-state index in [2.05, 4.69) is 57.9 Å². The van der Waals surface area contributed by atoms with E-state index in [9.17, 15) is 4.79 Å². The summed E-state index contributed by atoms with van der Waals surface area (Å²) in [6.07, 6.45) is 1.02. The Hall–Kier alpha value is -0.350. The van der Waals surface area contributed by atoms with Crippen molar-refractivity contribution in [2.45, 2.75) is 38.9 Å². The van der Waals surface area contributed by atoms with Crippen LogP contribution in [0, 0.1) is 12.3 Å². The first-order valence-corrected chi connectivity index (χ1v) is 8.09. The Morgan fingerprint density at radius 2 is 2.00 bits per heavy atom. The molecule has 106 valence electrons. The minimum atomic E-state index is -0.0334. The van der Waals surface area contributed by atoms with E-state index in [0.29, 0.717) is 16.9 Å². The molecule has 0 radical (unpaired) electrons. The molecule has 1 unspecified atom stereocenters. The Morgan fingerprint density at radius 1 is 1.37 bits per heavy atom. The summed E-state index contributed by atoms with van der Waals surface area (Å²) < 4.78 is 0.870. The topological polar surface area (TPSA) is 29.1 Å². The van der Waals surface area contributed by atoms with Crippen molar-refractivity contribution in [2.75, 3.05) is 6.54 Å². The Balaban J connectivity index is 2.59. The molecular formula is C15H21Br2NO. The summed E-state index contributed by atoms with van der Waals surface area (Å²) in [5.41, 5.74) is 2.01. The van der Waals surface area contributed by atoms with Gasteiger partial charge in [-0.1, -0.05) is 48.8 Å². The number of halogens is 2. The van der Waals surface area contributed by atoms with Crippen molar-refractivity contribution in [1.29, 1.82) is 0 Å². The molecule has 1 aromatic rings. The van der Waals surface area contributed by atoms with Gasteiger partial charge in [0.25, 0.3) is 5.91 Å². The normalized spacial score (nSPS) is 13.2. The van der Waals surface area contributed by atoms with E-state index < -0.39 is 0 Å². The number of alkyl halides is 1. The summed E-state index contributed by atoms with van der Waals surface area (Å²) in [6.45, 7) is 9.20. The van der Waals surface area contributed by atoms with Gasteiger partial charge in [-0.3, -0.25) is 4.79 Å². The van der Waals surface area contributed by atoms with E-state index >= 15 is 0 Å². The van der Waals surface area contributed by atoms with Crippen LogP contribution >= 0.6 is 31.9 Å². The average molecular weight is 391 g/mol. The fourth-order valence-electron chi connectivity index (χ4n) is 1.86. The van der Waals surface area contributed by atoms with Crippen molar-refractivity contribution in [3.8, 4) is 0 Å². The molecule has 4 heteroatoms. The Labute approximate surface area is 132 Å². The van der Waals surface area contributed by atoms with E-state index in [4.69, 9.17) is 0 Å². The minimum absolute atomic E-state index is 0.0334. The van der Waals surface area contributed by atoms with Crippen molar-refractivity contribution in [3.63, 3.8) is 0 Å². The molecule has 1 atom stereocenters. The second kappa shape index (κ2) is 6.89. The Kier molecular flexibility index (Phi) is 6.06. The average Bonchev–Trinajstić information content (AvgIpc) is 2.27. The number of carbonyl (C=O) groups is 1. The third kappa shape index (κ3) is 5.65. The molecule has 1 aromatic carbocycles. The first-order chi connectivity index (χ1) is 8.70. The number of carbonyl (C=O) groups excluding carboxylic acids is 1. The zero-order valence-electron chi connectivity index (χ0n) is 11.9. The van der Waals surface area contributed by atoms with Crippen LogP contribution in [0.1, 0.15) is 43.1 Å². The van der Waals surface area contributed by atoms with Crippen molar-refractivity contribution >= 4 is 37.8 Å². The van der Waals surface area contributed by atoms with Gasteiger partial charge in [0.05, 0.1) is 5.56 Å². The van der Waals surface area contributed by atoms with E-state index in [0.717, 1.165) is 16.5 Å². The number of hydrogen-bond donors (Lipinski definition) is 1. The highest BCUT2D eigenvalue weighted by Crippen LogP contribution is 2.24. The first-order valence-electron chi connectivity index (χ1n) is 6.38. The molecule has 0 saturated carbocycles. The molecule has 0 aliphatic rings. The molecule has 1 N–H and O–H groups in total. The highest BCUT2D eigenvalue weighted by atomic mass is 79.9. The van der Waals surface area contributed by atoms with Crippen LogP contribution in [0.4, 0.5) is 0 Å². The predicted molar refractivity (Wildman–Crippen MR) is 88.0 cm³/mol. The number of amides is 1. The van der Waals surface area contributed by atoms with Crippen LogP contribution in [0.3, 0.4) is 0 Å². The maximum absolute atomic E-state index is 12.1. The third-order valence-corrected chi connectivity index (χ3v) is 4.45. The molecule has 2 nitrogen and oxygen atoms in total. The van der Waals surface area contributed by atoms with Crippen LogP contribution in [0.2, 0.25) is 0 Å². The number of benzene rings is 1. The van der Waals surface area contributed by atoms with Gasteiger partial charge in [0.15, 0.2) is 0 Å². The summed E-state index contributed by atoms with van der Waals surface area (Å²) in [5, 5.41) is 2.97. The van der Waals surface area contributed by atoms with Crippen molar-refractivity contribution in [2.24, 2.45) is 5.41 Å². The Bertz CT molecular complexity index is 452. The van der Waals surface area contributed by atoms with E-state index in [-0.39, 0.29) is 11.3 Å². The molecule has 0 spiro atoms. The van der Waals surface area contributed by atoms with Gasteiger partial charge in [0.1, 0.15) is 0 Å². The molecule has 1 amide bonds. The minimum Gasteiger partial charge on any atom is -0.351 e. The molecular weight excluding hydrogens is 370 g/mol. The molecule has 0 bridgehead atoms. The second-order valence-corrected chi connectivity index (χ2v) is 8.10. The highest BCUT2D eigenvalue weighted by Gasteiger charge is 2.18. The summed E-state index contributed by atoms with van der Waals surface area (Å²) in [5.74, 6) is -0.0334. The lowest BCUT2D eigenvalue weighted by Crippen LogP contribution is -2.31. The molecule has 19 heavy (non-hydrogen) atoms. The SMILES string of the molecule is Cc1cccc(C(=O)NCC(Br)CC(C)(C)C)c1Br. The van der Waals surface area contributed by atoms with Crippen LogP contribution in [-0.4, -0.2) is 17.3 Å². The van der Waals surface area contributed by atoms with Gasteiger partial charge in [0.2, 0.25) is 0 Å². The monoisotopic (exact) mass is 389 g/mol. The lowest BCUT2D eigenvalue weighted by molar-refractivity contribution is 0.0951. The van der Waals surface area contributed by atoms with Crippen LogP contribution in [-0.2, 0) is 0 Å². The van der Waals surface area contributed by atoms with Gasteiger partial charge in [-0.2, -0.15) is 0 Å². The second-order valence-electron chi connectivity index (χ2n) is 6.01. The standard InChI is InChI=1S/C15H21Br2NO/c1-10-6-5-7-12(13(10)17)14(19)18-9-11(16)8-15(2,3)4/h5-7,11H,8-9H2,1-4H3,(H,18,19). The van der Waals surface area contributed by atoms with Gasteiger partial charge < -0.3 is 5.32 Å². The highest BCUT2D eigenvalue weighted by molar-refractivity contribution is 9.10. The summed E-state index contributed by atoms with van der Waals surface area (Å²) in [4.78, 5) is 12.4. The van der Waals surface area contributed by atoms with Crippen molar-refractivity contribution in [3.05, 3.63) is 33.8 Å². The van der Waals surface area contributed by atoms with Gasteiger partial charge >= 0.3 is 0 Å². The van der Waals surface area contributed by atoms with Gasteiger partial charge in [-0.05, 0) is 46.3 Å². The molecule has 0 fully saturated rings. The van der Waals surface area contributed by atoms with E-state index in [1.165, 1.54) is 0 Å². The zero-order valence-corrected chi connectivity index (χ0v) is 15.1. The summed E-state index contributed by atoms with van der Waals surface area (Å²) >= 11 is 7.09. The zero-order chi connectivity index (χ0) is 14.6. The number of aryl methyl sites for hydroxylation is 1. The number of nitrogens with one attached hydrogen (secondary N) is 1. The van der Waals surface area contributed by atoms with Gasteiger partial charge in [-0.15, -0.1) is 0 Å². The molecule has 0 aliphatic heterocycles. The summed E-state index contributed by atoms with van der Waals surface area (Å²) in [7, 11) is 0. The van der Waals surface area contributed by atoms with Crippen molar-refractivity contribution in [1.82, 2.24) is 5.32 Å². The molecule has 0 saturated heterocycles. The maximum atomic E-state index is 12.1.